The van der Waals surface area contributed by atoms with Crippen molar-refractivity contribution in [2.45, 2.75) is 13.0 Å². The fourth-order valence-corrected chi connectivity index (χ4v) is 2.30. The summed E-state index contributed by atoms with van der Waals surface area (Å²) in [6.45, 7) is 5.65. The van der Waals surface area contributed by atoms with E-state index in [9.17, 15) is 4.79 Å². The monoisotopic (exact) mass is 365 g/mol. The number of nitrogens with one attached hydrogen (secondary N) is 1. The Balaban J connectivity index is 1.94. The van der Waals surface area contributed by atoms with Crippen LogP contribution in [-0.4, -0.2) is 18.6 Å². The Kier molecular flexibility index (Phi) is 6.53. The van der Waals surface area contributed by atoms with Gasteiger partial charge in [-0.1, -0.05) is 35.9 Å². The molecule has 1 amide bonds. The van der Waals surface area contributed by atoms with E-state index >= 15 is 0 Å². The van der Waals surface area contributed by atoms with Gasteiger partial charge in [0.2, 0.25) is 0 Å². The zero-order valence-electron chi connectivity index (χ0n) is 13.1. The second kappa shape index (κ2) is 8.62. The van der Waals surface area contributed by atoms with Gasteiger partial charge in [-0.15, -0.1) is 0 Å². The molecule has 0 spiro atoms. The van der Waals surface area contributed by atoms with Crippen LogP contribution in [0.3, 0.4) is 0 Å². The molecule has 1 atom stereocenters. The fraction of sp³-hybridized carbons (Fsp3) is 0.167. The Bertz CT molecular complexity index is 717. The van der Waals surface area contributed by atoms with Crippen LogP contribution in [0.2, 0.25) is 10.0 Å². The van der Waals surface area contributed by atoms with Crippen LogP contribution in [-0.2, 0) is 4.79 Å². The number of benzene rings is 2. The number of hydrogen-bond acceptors (Lipinski definition) is 3. The number of carbonyl (C=O) groups is 1. The summed E-state index contributed by atoms with van der Waals surface area (Å²) in [5, 5.41) is 3.62. The molecule has 0 aliphatic heterocycles. The zero-order valence-corrected chi connectivity index (χ0v) is 14.6. The van der Waals surface area contributed by atoms with Crippen LogP contribution in [0, 0.1) is 0 Å². The Morgan fingerprint density at radius 1 is 1.25 bits per heavy atom. The summed E-state index contributed by atoms with van der Waals surface area (Å²) in [6.07, 6.45) is 0.941. The Morgan fingerprint density at radius 3 is 2.58 bits per heavy atom. The Labute approximate surface area is 151 Å². The van der Waals surface area contributed by atoms with Crippen LogP contribution in [0.5, 0.6) is 11.5 Å². The fourth-order valence-electron chi connectivity index (χ4n) is 1.85. The second-order valence-electron chi connectivity index (χ2n) is 4.95. The summed E-state index contributed by atoms with van der Waals surface area (Å²) >= 11 is 11.9. The first-order valence-electron chi connectivity index (χ1n) is 7.26. The normalized spacial score (nSPS) is 11.5. The first-order valence-corrected chi connectivity index (χ1v) is 8.01. The van der Waals surface area contributed by atoms with Gasteiger partial charge in [-0.3, -0.25) is 4.79 Å². The van der Waals surface area contributed by atoms with Crippen LogP contribution in [0.25, 0.3) is 0 Å². The van der Waals surface area contributed by atoms with Gasteiger partial charge in [0.25, 0.3) is 5.91 Å². The molecule has 24 heavy (non-hydrogen) atoms. The van der Waals surface area contributed by atoms with Crippen molar-refractivity contribution in [1.82, 2.24) is 0 Å². The molecular formula is C18H17Cl2NO3. The van der Waals surface area contributed by atoms with E-state index in [4.69, 9.17) is 32.7 Å². The predicted octanol–water partition coefficient (Wildman–Crippen LogP) is 4.96. The summed E-state index contributed by atoms with van der Waals surface area (Å²) in [5.41, 5.74) is 0.642. The lowest BCUT2D eigenvalue weighted by molar-refractivity contribution is -0.122. The quantitative estimate of drug-likeness (QED) is 0.705. The highest BCUT2D eigenvalue weighted by atomic mass is 35.5. The number of anilines is 1. The van der Waals surface area contributed by atoms with E-state index in [1.54, 1.807) is 55.5 Å². The van der Waals surface area contributed by atoms with Crippen molar-refractivity contribution < 1.29 is 14.3 Å². The van der Waals surface area contributed by atoms with E-state index < -0.39 is 6.10 Å². The van der Waals surface area contributed by atoms with Gasteiger partial charge < -0.3 is 14.8 Å². The molecule has 0 heterocycles. The highest BCUT2D eigenvalue weighted by Crippen LogP contribution is 2.28. The number of rotatable bonds is 7. The lowest BCUT2D eigenvalue weighted by atomic mass is 10.2. The van der Waals surface area contributed by atoms with Gasteiger partial charge in [0.05, 0.1) is 5.02 Å². The maximum absolute atomic E-state index is 12.2. The smallest absolute Gasteiger partial charge is 0.265 e. The molecule has 0 saturated carbocycles. The highest BCUT2D eigenvalue weighted by molar-refractivity contribution is 6.35. The van der Waals surface area contributed by atoms with Crippen LogP contribution in [0.15, 0.2) is 55.1 Å². The van der Waals surface area contributed by atoms with Gasteiger partial charge >= 0.3 is 0 Å². The molecule has 0 aliphatic rings. The molecule has 1 N–H and O–H groups in total. The molecule has 126 valence electrons. The van der Waals surface area contributed by atoms with Crippen molar-refractivity contribution >= 4 is 34.8 Å². The minimum Gasteiger partial charge on any atom is -0.490 e. The number of halogens is 2. The summed E-state index contributed by atoms with van der Waals surface area (Å²) < 4.78 is 11.0. The lowest BCUT2D eigenvalue weighted by Gasteiger charge is -2.16. The van der Waals surface area contributed by atoms with E-state index in [2.05, 4.69) is 11.9 Å². The molecule has 0 radical (unpaired) electrons. The summed E-state index contributed by atoms with van der Waals surface area (Å²) in [5.74, 6) is 0.808. The maximum atomic E-state index is 12.2. The predicted molar refractivity (Wildman–Crippen MR) is 97.3 cm³/mol. The van der Waals surface area contributed by atoms with Crippen molar-refractivity contribution in [1.29, 1.82) is 0 Å². The number of amides is 1. The molecule has 0 aromatic heterocycles. The Morgan fingerprint density at radius 2 is 1.96 bits per heavy atom. The first kappa shape index (κ1) is 18.2. The van der Waals surface area contributed by atoms with E-state index in [1.165, 1.54) is 0 Å². The van der Waals surface area contributed by atoms with Crippen molar-refractivity contribution in [2.75, 3.05) is 11.9 Å². The molecule has 2 aromatic carbocycles. The maximum Gasteiger partial charge on any atom is 0.265 e. The zero-order chi connectivity index (χ0) is 17.5. The van der Waals surface area contributed by atoms with Crippen molar-refractivity contribution in [3.8, 4) is 11.5 Å². The molecular weight excluding hydrogens is 349 g/mol. The topological polar surface area (TPSA) is 47.6 Å². The minimum absolute atomic E-state index is 0.291. The van der Waals surface area contributed by atoms with Crippen LogP contribution >= 0.6 is 23.2 Å². The number of hydrogen-bond donors (Lipinski definition) is 1. The molecule has 2 aromatic rings. The van der Waals surface area contributed by atoms with E-state index in [1.807, 2.05) is 0 Å². The van der Waals surface area contributed by atoms with E-state index in [0.717, 1.165) is 0 Å². The van der Waals surface area contributed by atoms with Gasteiger partial charge in [-0.05, 0) is 49.4 Å². The van der Waals surface area contributed by atoms with Crippen LogP contribution < -0.4 is 14.8 Å². The molecule has 0 aliphatic carbocycles. The van der Waals surface area contributed by atoms with Gasteiger partial charge in [0.15, 0.2) is 6.10 Å². The van der Waals surface area contributed by atoms with Gasteiger partial charge in [-0.25, -0.2) is 0 Å². The standard InChI is InChI=1S/C18H17Cl2NO3/c1-3-10-23-15-7-5-14(6-8-15)21-18(22)12(2)24-17-9-4-13(19)11-16(17)20/h3-9,11-12H,1,10H2,2H3,(H,21,22). The second-order valence-corrected chi connectivity index (χ2v) is 5.79. The van der Waals surface area contributed by atoms with Crippen LogP contribution in [0.4, 0.5) is 5.69 Å². The van der Waals surface area contributed by atoms with Crippen LogP contribution in [0.1, 0.15) is 6.92 Å². The number of carbonyl (C=O) groups excluding carboxylic acids is 1. The third-order valence-electron chi connectivity index (χ3n) is 3.06. The summed E-state index contributed by atoms with van der Waals surface area (Å²) in [6, 6.07) is 11.9. The largest absolute Gasteiger partial charge is 0.490 e. The molecule has 0 bridgehead atoms. The van der Waals surface area contributed by atoms with Crippen molar-refractivity contribution in [2.24, 2.45) is 0 Å². The van der Waals surface area contributed by atoms with E-state index in [-0.39, 0.29) is 5.91 Å². The van der Waals surface area contributed by atoms with Crippen molar-refractivity contribution in [3.63, 3.8) is 0 Å². The van der Waals surface area contributed by atoms with Crippen molar-refractivity contribution in [3.05, 3.63) is 65.2 Å². The SMILES string of the molecule is C=CCOc1ccc(NC(=O)C(C)Oc2ccc(Cl)cc2Cl)cc1. The molecule has 0 fully saturated rings. The molecule has 0 saturated heterocycles. The number of ether oxygens (including phenoxy) is 2. The molecule has 2 rings (SSSR count). The average molecular weight is 366 g/mol. The highest BCUT2D eigenvalue weighted by Gasteiger charge is 2.16. The molecule has 1 unspecified atom stereocenters. The van der Waals surface area contributed by atoms with Gasteiger partial charge in [0.1, 0.15) is 18.1 Å². The van der Waals surface area contributed by atoms with Gasteiger partial charge in [0, 0.05) is 10.7 Å². The first-order chi connectivity index (χ1) is 11.5. The third-order valence-corrected chi connectivity index (χ3v) is 3.59. The lowest BCUT2D eigenvalue weighted by Crippen LogP contribution is -2.30. The Hall–Kier alpha value is -2.17. The average Bonchev–Trinajstić information content (AvgIpc) is 2.56. The molecule has 4 nitrogen and oxygen atoms in total. The molecule has 6 heteroatoms. The van der Waals surface area contributed by atoms with Gasteiger partial charge in [-0.2, -0.15) is 0 Å². The summed E-state index contributed by atoms with van der Waals surface area (Å²) in [7, 11) is 0. The minimum atomic E-state index is -0.722. The summed E-state index contributed by atoms with van der Waals surface area (Å²) in [4.78, 5) is 12.2. The van der Waals surface area contributed by atoms with E-state index in [0.29, 0.717) is 33.8 Å². The third kappa shape index (κ3) is 5.18.